The third-order valence-corrected chi connectivity index (χ3v) is 4.73. The summed E-state index contributed by atoms with van der Waals surface area (Å²) in [5.41, 5.74) is 3.42. The van der Waals surface area contributed by atoms with E-state index in [2.05, 4.69) is 56.3 Å². The number of aryl methyl sites for hydroxylation is 1. The number of nitrogens with zero attached hydrogens (tertiary/aromatic N) is 2. The Bertz CT molecular complexity index is 609. The highest BCUT2D eigenvalue weighted by Gasteiger charge is 2.17. The highest BCUT2D eigenvalue weighted by Crippen LogP contribution is 2.23. The molecule has 1 N–H and O–H groups in total. The van der Waals surface area contributed by atoms with E-state index >= 15 is 0 Å². The zero-order chi connectivity index (χ0) is 16.1. The summed E-state index contributed by atoms with van der Waals surface area (Å²) in [6.07, 6.45) is 5.98. The molecule has 0 spiro atoms. The molecule has 0 amide bonds. The number of hydrogen-bond acceptors (Lipinski definition) is 4. The number of ether oxygens (including phenoxy) is 1. The molecule has 3 heterocycles. The predicted octanol–water partition coefficient (Wildman–Crippen LogP) is 3.64. The first-order valence-electron chi connectivity index (χ1n) is 8.11. The van der Waals surface area contributed by atoms with Crippen LogP contribution in [0.25, 0.3) is 0 Å². The Labute approximate surface area is 145 Å². The van der Waals surface area contributed by atoms with Gasteiger partial charge in [0.25, 0.3) is 0 Å². The molecule has 2 atom stereocenters. The van der Waals surface area contributed by atoms with Crippen LogP contribution in [0.2, 0.25) is 0 Å². The van der Waals surface area contributed by atoms with Crippen molar-refractivity contribution in [3.8, 4) is 0 Å². The number of rotatable bonds is 5. The van der Waals surface area contributed by atoms with Crippen molar-refractivity contribution in [3.05, 3.63) is 58.1 Å². The van der Waals surface area contributed by atoms with Crippen LogP contribution >= 0.6 is 15.9 Å². The summed E-state index contributed by atoms with van der Waals surface area (Å²) in [5, 5.41) is 3.34. The Morgan fingerprint density at radius 1 is 1.26 bits per heavy atom. The molecule has 2 aromatic heterocycles. The Balaban J connectivity index is 1.56. The van der Waals surface area contributed by atoms with Gasteiger partial charge in [0.15, 0.2) is 0 Å². The topological polar surface area (TPSA) is 47.0 Å². The number of nitrogens with one attached hydrogen (secondary N) is 1. The average molecular weight is 376 g/mol. The van der Waals surface area contributed by atoms with Gasteiger partial charge in [0.1, 0.15) is 6.10 Å². The first kappa shape index (κ1) is 16.6. The second-order valence-corrected chi connectivity index (χ2v) is 6.90. The average Bonchev–Trinajstić information content (AvgIpc) is 2.62. The molecule has 4 nitrogen and oxygen atoms in total. The summed E-state index contributed by atoms with van der Waals surface area (Å²) in [5.74, 6) is 0.465. The van der Waals surface area contributed by atoms with Crippen molar-refractivity contribution in [2.24, 2.45) is 0 Å². The molecule has 0 aliphatic carbocycles. The van der Waals surface area contributed by atoms with Crippen molar-refractivity contribution in [1.82, 2.24) is 15.3 Å². The third-order valence-electron chi connectivity index (χ3n) is 4.26. The number of aromatic nitrogens is 2. The Morgan fingerprint density at radius 3 is 2.83 bits per heavy atom. The largest absolute Gasteiger partial charge is 0.369 e. The predicted molar refractivity (Wildman–Crippen MR) is 94.5 cm³/mol. The van der Waals surface area contributed by atoms with Crippen molar-refractivity contribution < 1.29 is 4.74 Å². The zero-order valence-corrected chi connectivity index (χ0v) is 14.9. The van der Waals surface area contributed by atoms with Crippen molar-refractivity contribution >= 4 is 15.9 Å². The number of pyridine rings is 2. The molecule has 1 saturated heterocycles. The van der Waals surface area contributed by atoms with E-state index in [0.717, 1.165) is 48.4 Å². The minimum atomic E-state index is 0.0834. The zero-order valence-electron chi connectivity index (χ0n) is 13.3. The van der Waals surface area contributed by atoms with Gasteiger partial charge >= 0.3 is 0 Å². The fourth-order valence-corrected chi connectivity index (χ4v) is 2.97. The van der Waals surface area contributed by atoms with E-state index in [1.807, 2.05) is 18.5 Å². The maximum atomic E-state index is 5.74. The molecule has 0 saturated carbocycles. The molecule has 0 bridgehead atoms. The molecule has 2 aromatic rings. The van der Waals surface area contributed by atoms with E-state index in [1.54, 1.807) is 0 Å². The van der Waals surface area contributed by atoms with Gasteiger partial charge in [0.05, 0.1) is 12.3 Å². The summed E-state index contributed by atoms with van der Waals surface area (Å²) >= 11 is 3.42. The third kappa shape index (κ3) is 4.59. The van der Waals surface area contributed by atoms with Gasteiger partial charge in [-0.1, -0.05) is 13.0 Å². The lowest BCUT2D eigenvalue weighted by Crippen LogP contribution is -2.33. The molecule has 5 heteroatoms. The summed E-state index contributed by atoms with van der Waals surface area (Å²) < 4.78 is 6.76. The summed E-state index contributed by atoms with van der Waals surface area (Å²) in [4.78, 5) is 9.04. The van der Waals surface area contributed by atoms with Gasteiger partial charge in [-0.3, -0.25) is 9.97 Å². The molecule has 1 fully saturated rings. The number of hydrogen-bond donors (Lipinski definition) is 1. The minimum Gasteiger partial charge on any atom is -0.369 e. The Morgan fingerprint density at radius 2 is 2.17 bits per heavy atom. The summed E-state index contributed by atoms with van der Waals surface area (Å²) in [7, 11) is 0. The van der Waals surface area contributed by atoms with E-state index in [0.29, 0.717) is 5.92 Å². The van der Waals surface area contributed by atoms with Crippen LogP contribution in [0.5, 0.6) is 0 Å². The molecule has 1 aliphatic heterocycles. The SMILES string of the molecule is CC(CCc1ccc(Br)cn1)c1ccc(C2CNCCO2)nc1. The first-order valence-corrected chi connectivity index (χ1v) is 8.90. The van der Waals surface area contributed by atoms with Gasteiger partial charge in [0, 0.05) is 35.6 Å². The van der Waals surface area contributed by atoms with Crippen LogP contribution < -0.4 is 5.32 Å². The van der Waals surface area contributed by atoms with E-state index in [1.165, 1.54) is 5.56 Å². The second kappa shape index (κ2) is 7.99. The van der Waals surface area contributed by atoms with Crippen LogP contribution in [0.3, 0.4) is 0 Å². The van der Waals surface area contributed by atoms with E-state index in [4.69, 9.17) is 4.74 Å². The lowest BCUT2D eigenvalue weighted by atomic mass is 9.96. The lowest BCUT2D eigenvalue weighted by molar-refractivity contribution is 0.0250. The van der Waals surface area contributed by atoms with Gasteiger partial charge < -0.3 is 10.1 Å². The monoisotopic (exact) mass is 375 g/mol. The van der Waals surface area contributed by atoms with Crippen LogP contribution in [-0.4, -0.2) is 29.7 Å². The van der Waals surface area contributed by atoms with Crippen LogP contribution in [0.15, 0.2) is 41.1 Å². The van der Waals surface area contributed by atoms with Crippen LogP contribution in [0, 0.1) is 0 Å². The second-order valence-electron chi connectivity index (χ2n) is 5.99. The molecule has 122 valence electrons. The lowest BCUT2D eigenvalue weighted by Gasteiger charge is -2.23. The van der Waals surface area contributed by atoms with E-state index in [-0.39, 0.29) is 6.10 Å². The molecule has 3 rings (SSSR count). The van der Waals surface area contributed by atoms with E-state index < -0.39 is 0 Å². The minimum absolute atomic E-state index is 0.0834. The standard InChI is InChI=1S/C18H22BrN3O/c1-13(2-5-16-6-4-15(19)11-21-16)14-3-7-17(22-10-14)18-12-20-8-9-23-18/h3-4,6-7,10-11,13,18,20H,2,5,8-9,12H2,1H3. The highest BCUT2D eigenvalue weighted by molar-refractivity contribution is 9.10. The quantitative estimate of drug-likeness (QED) is 0.866. The number of morpholine rings is 1. The van der Waals surface area contributed by atoms with Crippen molar-refractivity contribution in [3.63, 3.8) is 0 Å². The fraction of sp³-hybridized carbons (Fsp3) is 0.444. The van der Waals surface area contributed by atoms with Crippen molar-refractivity contribution in [2.45, 2.75) is 31.8 Å². The van der Waals surface area contributed by atoms with Gasteiger partial charge in [-0.25, -0.2) is 0 Å². The van der Waals surface area contributed by atoms with Gasteiger partial charge in [-0.2, -0.15) is 0 Å². The molecule has 1 aliphatic rings. The maximum Gasteiger partial charge on any atom is 0.112 e. The van der Waals surface area contributed by atoms with Crippen LogP contribution in [0.1, 0.15) is 42.3 Å². The molecule has 23 heavy (non-hydrogen) atoms. The van der Waals surface area contributed by atoms with Gasteiger partial charge in [0.2, 0.25) is 0 Å². The van der Waals surface area contributed by atoms with Crippen molar-refractivity contribution in [2.75, 3.05) is 19.7 Å². The molecule has 2 unspecified atom stereocenters. The van der Waals surface area contributed by atoms with Crippen molar-refractivity contribution in [1.29, 1.82) is 0 Å². The molecule has 0 aromatic carbocycles. The fourth-order valence-electron chi connectivity index (χ4n) is 2.74. The molecular formula is C18H22BrN3O. The van der Waals surface area contributed by atoms with Crippen LogP contribution in [0.4, 0.5) is 0 Å². The smallest absolute Gasteiger partial charge is 0.112 e. The number of halogens is 1. The first-order chi connectivity index (χ1) is 11.2. The Kier molecular flexibility index (Phi) is 5.75. The maximum absolute atomic E-state index is 5.74. The summed E-state index contributed by atoms with van der Waals surface area (Å²) in [6.45, 7) is 4.77. The van der Waals surface area contributed by atoms with Gasteiger partial charge in [-0.15, -0.1) is 0 Å². The summed E-state index contributed by atoms with van der Waals surface area (Å²) in [6, 6.07) is 8.40. The van der Waals surface area contributed by atoms with Crippen LogP contribution in [-0.2, 0) is 11.2 Å². The van der Waals surface area contributed by atoms with E-state index in [9.17, 15) is 0 Å². The normalized spacial score (nSPS) is 19.5. The molecular weight excluding hydrogens is 354 g/mol. The van der Waals surface area contributed by atoms with Gasteiger partial charge in [-0.05, 0) is 58.5 Å². The Hall–Kier alpha value is -1.30. The highest BCUT2D eigenvalue weighted by atomic mass is 79.9. The molecule has 0 radical (unpaired) electrons.